The van der Waals surface area contributed by atoms with Crippen molar-refractivity contribution in [3.8, 4) is 0 Å². The first kappa shape index (κ1) is 13.2. The molecule has 0 radical (unpaired) electrons. The van der Waals surface area contributed by atoms with Gasteiger partial charge < -0.3 is 4.74 Å². The Morgan fingerprint density at radius 1 is 1.29 bits per heavy atom. The van der Waals surface area contributed by atoms with Crippen molar-refractivity contribution in [3.63, 3.8) is 0 Å². The highest BCUT2D eigenvalue weighted by Crippen LogP contribution is 1.95. The second-order valence-electron chi connectivity index (χ2n) is 2.70. The highest BCUT2D eigenvalue weighted by atomic mass is 32.1. The van der Waals surface area contributed by atoms with Crippen molar-refractivity contribution in [1.82, 2.24) is 0 Å². The van der Waals surface area contributed by atoms with E-state index in [9.17, 15) is 4.79 Å². The summed E-state index contributed by atoms with van der Waals surface area (Å²) in [5.74, 6) is -0.0700. The van der Waals surface area contributed by atoms with E-state index in [0.717, 1.165) is 12.8 Å². The number of carbonyl (C=O) groups is 1. The summed E-state index contributed by atoms with van der Waals surface area (Å²) < 4.78 is 4.70. The quantitative estimate of drug-likeness (QED) is 0.717. The van der Waals surface area contributed by atoms with Crippen LogP contribution in [0.1, 0.15) is 33.1 Å². The third kappa shape index (κ3) is 9.26. The summed E-state index contributed by atoms with van der Waals surface area (Å²) in [5.41, 5.74) is 0. The Bertz CT molecular complexity index is 190. The van der Waals surface area contributed by atoms with Crippen LogP contribution in [0.2, 0.25) is 0 Å². The van der Waals surface area contributed by atoms with Crippen LogP contribution in [0.4, 0.5) is 0 Å². The number of rotatable bonds is 4. The van der Waals surface area contributed by atoms with E-state index in [1.807, 2.05) is 29.8 Å². The van der Waals surface area contributed by atoms with E-state index in [0.29, 0.717) is 13.0 Å². The summed E-state index contributed by atoms with van der Waals surface area (Å²) in [6, 6.07) is 4.04. The Morgan fingerprint density at radius 3 is 2.29 bits per heavy atom. The zero-order valence-corrected chi connectivity index (χ0v) is 9.68. The predicted molar refractivity (Wildman–Crippen MR) is 60.5 cm³/mol. The van der Waals surface area contributed by atoms with E-state index in [2.05, 4.69) is 6.92 Å². The van der Waals surface area contributed by atoms with Crippen molar-refractivity contribution in [2.75, 3.05) is 6.61 Å². The van der Waals surface area contributed by atoms with Crippen molar-refractivity contribution in [1.29, 1.82) is 0 Å². The molecule has 1 aromatic rings. The summed E-state index contributed by atoms with van der Waals surface area (Å²) in [6.07, 6.45) is 2.57. The Balaban J connectivity index is 0.000000280. The number of esters is 1. The molecule has 0 atom stereocenters. The van der Waals surface area contributed by atoms with Gasteiger partial charge in [0.1, 0.15) is 0 Å². The van der Waals surface area contributed by atoms with Crippen LogP contribution in [-0.2, 0) is 9.53 Å². The van der Waals surface area contributed by atoms with Gasteiger partial charge in [0.2, 0.25) is 0 Å². The molecule has 3 heteroatoms. The molecule has 0 spiro atoms. The zero-order chi connectivity index (χ0) is 10.6. The van der Waals surface area contributed by atoms with Crippen LogP contribution < -0.4 is 0 Å². The molecule has 80 valence electrons. The van der Waals surface area contributed by atoms with Gasteiger partial charge in [-0.2, -0.15) is 11.3 Å². The molecule has 2 nitrogen and oxygen atoms in total. The van der Waals surface area contributed by atoms with Crippen molar-refractivity contribution >= 4 is 17.3 Å². The molecule has 0 aliphatic heterocycles. The fraction of sp³-hybridized carbons (Fsp3) is 0.545. The van der Waals surface area contributed by atoms with Crippen molar-refractivity contribution < 1.29 is 9.53 Å². The van der Waals surface area contributed by atoms with E-state index in [-0.39, 0.29) is 5.97 Å². The summed E-state index contributed by atoms with van der Waals surface area (Å²) in [6.45, 7) is 4.38. The van der Waals surface area contributed by atoms with Gasteiger partial charge in [0.25, 0.3) is 0 Å². The van der Waals surface area contributed by atoms with Gasteiger partial charge in [-0.05, 0) is 24.1 Å². The lowest BCUT2D eigenvalue weighted by Gasteiger charge is -1.97. The Kier molecular flexibility index (Phi) is 9.64. The lowest BCUT2D eigenvalue weighted by atomic mass is 10.3. The maximum Gasteiger partial charge on any atom is 0.305 e. The van der Waals surface area contributed by atoms with Gasteiger partial charge in [-0.3, -0.25) is 4.79 Å². The first-order valence-corrected chi connectivity index (χ1v) is 5.88. The Hall–Kier alpha value is -0.830. The third-order valence-electron chi connectivity index (χ3n) is 1.47. The van der Waals surface area contributed by atoms with Crippen LogP contribution in [0.25, 0.3) is 0 Å². The molecule has 0 N–H and O–H groups in total. The molecular weight excluding hydrogens is 196 g/mol. The fourth-order valence-corrected chi connectivity index (χ4v) is 1.23. The second kappa shape index (κ2) is 10.3. The number of carbonyl (C=O) groups excluding carboxylic acids is 1. The van der Waals surface area contributed by atoms with Crippen LogP contribution in [0.5, 0.6) is 0 Å². The van der Waals surface area contributed by atoms with Crippen LogP contribution in [-0.4, -0.2) is 12.6 Å². The smallest absolute Gasteiger partial charge is 0.305 e. The average Bonchev–Trinajstić information content (AvgIpc) is 2.73. The van der Waals surface area contributed by atoms with Crippen LogP contribution in [0.3, 0.4) is 0 Å². The highest BCUT2D eigenvalue weighted by Gasteiger charge is 1.97. The van der Waals surface area contributed by atoms with Gasteiger partial charge in [0.05, 0.1) is 6.61 Å². The molecule has 0 aromatic carbocycles. The first-order valence-electron chi connectivity index (χ1n) is 4.94. The maximum absolute atomic E-state index is 10.6. The largest absolute Gasteiger partial charge is 0.466 e. The van der Waals surface area contributed by atoms with E-state index in [1.54, 1.807) is 11.3 Å². The van der Waals surface area contributed by atoms with Gasteiger partial charge in [-0.15, -0.1) is 0 Å². The molecule has 0 unspecified atom stereocenters. The molecule has 0 aliphatic rings. The normalized spacial score (nSPS) is 8.71. The number of ether oxygens (including phenoxy) is 1. The molecule has 0 amide bonds. The molecule has 14 heavy (non-hydrogen) atoms. The van der Waals surface area contributed by atoms with Crippen LogP contribution in [0.15, 0.2) is 22.9 Å². The van der Waals surface area contributed by atoms with Gasteiger partial charge in [0, 0.05) is 6.42 Å². The summed E-state index contributed by atoms with van der Waals surface area (Å²) >= 11 is 1.71. The van der Waals surface area contributed by atoms with Crippen LogP contribution >= 0.6 is 11.3 Å². The standard InChI is InChI=1S/C7H14O2.C4H4S/c1-3-5-6-7(8)9-4-2;1-2-4-5-3-1/h3-6H2,1-2H3;1-4H. The molecule has 0 saturated heterocycles. The monoisotopic (exact) mass is 214 g/mol. The number of hydrogen-bond donors (Lipinski definition) is 0. The maximum atomic E-state index is 10.6. The Morgan fingerprint density at radius 2 is 1.93 bits per heavy atom. The second-order valence-corrected chi connectivity index (χ2v) is 3.52. The highest BCUT2D eigenvalue weighted by molar-refractivity contribution is 7.07. The molecule has 1 heterocycles. The van der Waals surface area contributed by atoms with Gasteiger partial charge >= 0.3 is 5.97 Å². The van der Waals surface area contributed by atoms with E-state index >= 15 is 0 Å². The predicted octanol–water partition coefficient (Wildman–Crippen LogP) is 3.49. The van der Waals surface area contributed by atoms with E-state index in [4.69, 9.17) is 4.74 Å². The lowest BCUT2D eigenvalue weighted by molar-refractivity contribution is -0.143. The zero-order valence-electron chi connectivity index (χ0n) is 8.86. The van der Waals surface area contributed by atoms with Crippen molar-refractivity contribution in [2.24, 2.45) is 0 Å². The summed E-state index contributed by atoms with van der Waals surface area (Å²) in [4.78, 5) is 10.6. The Labute approximate surface area is 89.9 Å². The van der Waals surface area contributed by atoms with Gasteiger partial charge in [-0.1, -0.05) is 25.5 Å². The molecule has 0 bridgehead atoms. The number of thiophene rings is 1. The minimum Gasteiger partial charge on any atom is -0.466 e. The average molecular weight is 214 g/mol. The van der Waals surface area contributed by atoms with Gasteiger partial charge in [-0.25, -0.2) is 0 Å². The topological polar surface area (TPSA) is 26.3 Å². The third-order valence-corrected chi connectivity index (χ3v) is 2.09. The van der Waals surface area contributed by atoms with Crippen LogP contribution in [0, 0.1) is 0 Å². The molecule has 1 aromatic heterocycles. The molecular formula is C11H18O2S. The van der Waals surface area contributed by atoms with Crippen molar-refractivity contribution in [3.05, 3.63) is 22.9 Å². The van der Waals surface area contributed by atoms with E-state index in [1.165, 1.54) is 0 Å². The molecule has 0 aliphatic carbocycles. The summed E-state index contributed by atoms with van der Waals surface area (Å²) in [7, 11) is 0. The SMILES string of the molecule is CCCCC(=O)OCC.c1ccsc1. The van der Waals surface area contributed by atoms with E-state index < -0.39 is 0 Å². The minimum atomic E-state index is -0.0700. The van der Waals surface area contributed by atoms with Gasteiger partial charge in [0.15, 0.2) is 0 Å². The fourth-order valence-electron chi connectivity index (χ4n) is 0.781. The molecule has 0 fully saturated rings. The minimum absolute atomic E-state index is 0.0700. The van der Waals surface area contributed by atoms with Crippen molar-refractivity contribution in [2.45, 2.75) is 33.1 Å². The summed E-state index contributed by atoms with van der Waals surface area (Å²) in [5, 5.41) is 4.08. The molecule has 1 rings (SSSR count). The number of hydrogen-bond acceptors (Lipinski definition) is 3. The number of unbranched alkanes of at least 4 members (excludes halogenated alkanes) is 1. The lowest BCUT2D eigenvalue weighted by Crippen LogP contribution is -2.02. The first-order chi connectivity index (χ1) is 6.81. The molecule has 0 saturated carbocycles.